The van der Waals surface area contributed by atoms with Crippen LogP contribution in [0.25, 0.3) is 0 Å². The molecule has 0 saturated carbocycles. The van der Waals surface area contributed by atoms with Gasteiger partial charge in [0.25, 0.3) is 5.56 Å². The van der Waals surface area contributed by atoms with Gasteiger partial charge >= 0.3 is 23.7 Å². The Balaban J connectivity index is 2.61. The lowest BCUT2D eigenvalue weighted by Crippen LogP contribution is -2.53. The summed E-state index contributed by atoms with van der Waals surface area (Å²) >= 11 is 0. The second kappa shape index (κ2) is 6.57. The summed E-state index contributed by atoms with van der Waals surface area (Å²) in [4.78, 5) is 24.3. The fourth-order valence-electron chi connectivity index (χ4n) is 2.36. The van der Waals surface area contributed by atoms with Crippen molar-refractivity contribution in [1.29, 1.82) is 0 Å². The van der Waals surface area contributed by atoms with Gasteiger partial charge < -0.3 is 20.1 Å². The van der Waals surface area contributed by atoms with Crippen molar-refractivity contribution >= 4 is 0 Å². The lowest BCUT2D eigenvalue weighted by molar-refractivity contribution is -0.360. The van der Waals surface area contributed by atoms with Crippen molar-refractivity contribution < 1.29 is 50.8 Å². The molecule has 1 aliphatic heterocycles. The zero-order valence-corrected chi connectivity index (χ0v) is 12.8. The van der Waals surface area contributed by atoms with Crippen LogP contribution in [-0.4, -0.2) is 61.9 Å². The van der Waals surface area contributed by atoms with E-state index in [1.165, 1.54) is 0 Å². The molecule has 0 unspecified atom stereocenters. The maximum Gasteiger partial charge on any atom is 0.460 e. The number of alkyl halides is 7. The van der Waals surface area contributed by atoms with Crippen LogP contribution in [0.3, 0.4) is 0 Å². The Morgan fingerprint density at radius 3 is 2.07 bits per heavy atom. The highest BCUT2D eigenvalue weighted by Gasteiger charge is 2.74. The number of aliphatic hydroxyl groups excluding tert-OH is 3. The molecule has 4 N–H and O–H groups in total. The third-order valence-corrected chi connectivity index (χ3v) is 3.85. The van der Waals surface area contributed by atoms with Gasteiger partial charge in [-0.2, -0.15) is 30.7 Å². The fourth-order valence-corrected chi connectivity index (χ4v) is 2.36. The Hall–Kier alpha value is -1.97. The number of ether oxygens (including phenoxy) is 1. The number of rotatable bonds is 4. The van der Waals surface area contributed by atoms with E-state index >= 15 is 0 Å². The van der Waals surface area contributed by atoms with Crippen LogP contribution in [0.2, 0.25) is 0 Å². The number of nitrogens with one attached hydrogen (secondary N) is 1. The Labute approximate surface area is 143 Å². The van der Waals surface area contributed by atoms with E-state index in [0.717, 1.165) is 4.98 Å². The van der Waals surface area contributed by atoms with E-state index < -0.39 is 66.0 Å². The summed E-state index contributed by atoms with van der Waals surface area (Å²) in [5.74, 6) is -12.8. The third kappa shape index (κ3) is 3.24. The molecule has 0 aromatic carbocycles. The number of aliphatic hydroxyl groups is 3. The zero-order valence-electron chi connectivity index (χ0n) is 12.8. The summed E-state index contributed by atoms with van der Waals surface area (Å²) in [5, 5.41) is 28.2. The van der Waals surface area contributed by atoms with E-state index in [-0.39, 0.29) is 10.8 Å². The highest BCUT2D eigenvalue weighted by atomic mass is 19.4. The van der Waals surface area contributed by atoms with Gasteiger partial charge in [0.15, 0.2) is 6.23 Å². The van der Waals surface area contributed by atoms with E-state index in [4.69, 9.17) is 9.84 Å². The van der Waals surface area contributed by atoms with Crippen LogP contribution in [0.4, 0.5) is 30.7 Å². The lowest BCUT2D eigenvalue weighted by Gasteiger charge is -2.28. The van der Waals surface area contributed by atoms with Gasteiger partial charge in [-0.15, -0.1) is 0 Å². The van der Waals surface area contributed by atoms with E-state index in [1.807, 2.05) is 0 Å². The summed E-state index contributed by atoms with van der Waals surface area (Å²) < 4.78 is 95.6. The third-order valence-electron chi connectivity index (χ3n) is 3.85. The predicted molar refractivity (Wildman–Crippen MR) is 69.2 cm³/mol. The number of H-pyrrole nitrogens is 1. The van der Waals surface area contributed by atoms with Crippen molar-refractivity contribution in [3.05, 3.63) is 32.6 Å². The molecule has 1 fully saturated rings. The predicted octanol–water partition coefficient (Wildman–Crippen LogP) is -0.562. The van der Waals surface area contributed by atoms with Gasteiger partial charge in [0.1, 0.15) is 23.9 Å². The van der Waals surface area contributed by atoms with Gasteiger partial charge in [-0.25, -0.2) is 4.79 Å². The summed E-state index contributed by atoms with van der Waals surface area (Å²) in [6.45, 7) is -0.915. The van der Waals surface area contributed by atoms with Gasteiger partial charge in [-0.05, 0) is 0 Å². The van der Waals surface area contributed by atoms with E-state index in [2.05, 4.69) is 0 Å². The van der Waals surface area contributed by atoms with Crippen molar-refractivity contribution in [2.75, 3.05) is 6.61 Å². The lowest BCUT2D eigenvalue weighted by atomic mass is 10.0. The summed E-state index contributed by atoms with van der Waals surface area (Å²) in [6, 6.07) is 0. The molecular weight excluding hydrogens is 401 g/mol. The van der Waals surface area contributed by atoms with Crippen LogP contribution in [0.15, 0.2) is 15.8 Å². The molecule has 15 heteroatoms. The van der Waals surface area contributed by atoms with E-state index in [9.17, 15) is 50.5 Å². The molecule has 0 aliphatic carbocycles. The largest absolute Gasteiger partial charge is 0.460 e. The van der Waals surface area contributed by atoms with Crippen molar-refractivity contribution in [2.24, 2.45) is 0 Å². The number of hydrogen-bond acceptors (Lipinski definition) is 6. The SMILES string of the molecule is O=c1[nH]c(=O)n([C@@H]2O[C@H](CO)[C@@H](O)[C@H]2O)cc1C(F)(F)C(F)(F)C(F)(F)F. The summed E-state index contributed by atoms with van der Waals surface area (Å²) in [5.41, 5.74) is -6.26. The van der Waals surface area contributed by atoms with Crippen LogP contribution < -0.4 is 11.2 Å². The number of halogens is 7. The normalized spacial score (nSPS) is 27.2. The van der Waals surface area contributed by atoms with E-state index in [0.29, 0.717) is 0 Å². The Bertz CT molecular complexity index is 820. The molecule has 0 radical (unpaired) electrons. The van der Waals surface area contributed by atoms with Crippen molar-refractivity contribution in [2.45, 2.75) is 42.6 Å². The second-order valence-electron chi connectivity index (χ2n) is 5.58. The van der Waals surface area contributed by atoms with Crippen LogP contribution in [0.1, 0.15) is 11.8 Å². The molecule has 27 heavy (non-hydrogen) atoms. The highest BCUT2D eigenvalue weighted by Crippen LogP contribution is 2.50. The fraction of sp³-hybridized carbons (Fsp3) is 0.667. The quantitative estimate of drug-likeness (QED) is 0.492. The molecule has 1 aliphatic rings. The minimum absolute atomic E-state index is 0.0966. The van der Waals surface area contributed by atoms with Crippen molar-refractivity contribution in [3.8, 4) is 0 Å². The number of aromatic nitrogens is 2. The Morgan fingerprint density at radius 1 is 1.07 bits per heavy atom. The Morgan fingerprint density at radius 2 is 1.63 bits per heavy atom. The average Bonchev–Trinajstić information content (AvgIpc) is 2.81. The molecule has 154 valence electrons. The first kappa shape index (κ1) is 21.3. The van der Waals surface area contributed by atoms with Gasteiger partial charge in [0, 0.05) is 6.20 Å². The highest BCUT2D eigenvalue weighted by molar-refractivity contribution is 5.18. The maximum atomic E-state index is 13.8. The molecule has 1 aromatic rings. The maximum absolute atomic E-state index is 13.8. The molecular formula is C12H11F7N2O6. The van der Waals surface area contributed by atoms with Gasteiger partial charge in [0.05, 0.1) is 6.61 Å². The first-order valence-electron chi connectivity index (χ1n) is 6.97. The molecule has 2 heterocycles. The minimum Gasteiger partial charge on any atom is -0.394 e. The zero-order chi connectivity index (χ0) is 20.9. The molecule has 8 nitrogen and oxygen atoms in total. The Kier molecular flexibility index (Phi) is 5.19. The van der Waals surface area contributed by atoms with Crippen molar-refractivity contribution in [3.63, 3.8) is 0 Å². The smallest absolute Gasteiger partial charge is 0.394 e. The van der Waals surface area contributed by atoms with E-state index in [1.54, 1.807) is 0 Å². The van der Waals surface area contributed by atoms with Crippen LogP contribution in [-0.2, 0) is 10.7 Å². The van der Waals surface area contributed by atoms with Crippen LogP contribution >= 0.6 is 0 Å². The summed E-state index contributed by atoms with van der Waals surface area (Å²) in [7, 11) is 0. The molecule has 4 atom stereocenters. The molecule has 0 spiro atoms. The average molecular weight is 412 g/mol. The standard InChI is InChI=1S/C12H11F7N2O6/c13-10(14,11(15,16)12(17,18)19)3-1-21(9(26)20-7(3)25)8-6(24)5(23)4(2-22)27-8/h1,4-6,8,22-24H,2H2,(H,20,25,26)/t4-,5-,6-,8-/m1/s1. The monoisotopic (exact) mass is 412 g/mol. The minimum atomic E-state index is -6.73. The number of aromatic amines is 1. The molecule has 0 amide bonds. The number of hydrogen-bond donors (Lipinski definition) is 4. The molecule has 1 aromatic heterocycles. The van der Waals surface area contributed by atoms with Crippen LogP contribution in [0, 0.1) is 0 Å². The molecule has 1 saturated heterocycles. The number of nitrogens with zero attached hydrogens (tertiary/aromatic N) is 1. The molecule has 0 bridgehead atoms. The van der Waals surface area contributed by atoms with Gasteiger partial charge in [-0.1, -0.05) is 0 Å². The van der Waals surface area contributed by atoms with Gasteiger partial charge in [0.2, 0.25) is 0 Å². The topological polar surface area (TPSA) is 125 Å². The first-order valence-corrected chi connectivity index (χ1v) is 6.97. The summed E-state index contributed by atoms with van der Waals surface area (Å²) in [6.07, 6.45) is -14.6. The van der Waals surface area contributed by atoms with Crippen molar-refractivity contribution in [1.82, 2.24) is 9.55 Å². The first-order chi connectivity index (χ1) is 12.2. The van der Waals surface area contributed by atoms with Crippen LogP contribution in [0.5, 0.6) is 0 Å². The second-order valence-corrected chi connectivity index (χ2v) is 5.58. The van der Waals surface area contributed by atoms with Gasteiger partial charge in [-0.3, -0.25) is 14.3 Å². The molecule has 2 rings (SSSR count).